The summed E-state index contributed by atoms with van der Waals surface area (Å²) >= 11 is 0. The number of hydrogen-bond acceptors (Lipinski definition) is 3. The summed E-state index contributed by atoms with van der Waals surface area (Å²) in [6, 6.07) is 2.09. The second kappa shape index (κ2) is 4.90. The molecule has 2 rings (SSSR count). The van der Waals surface area contributed by atoms with Crippen molar-refractivity contribution in [3.05, 3.63) is 40.5 Å². The molecule has 2 aromatic rings. The van der Waals surface area contributed by atoms with E-state index in [1.54, 1.807) is 0 Å². The summed E-state index contributed by atoms with van der Waals surface area (Å²) in [6.07, 6.45) is 1.92. The third-order valence-electron chi connectivity index (χ3n) is 3.35. The molecule has 2 heterocycles. The van der Waals surface area contributed by atoms with Crippen LogP contribution in [0.4, 0.5) is 0 Å². The quantitative estimate of drug-likeness (QED) is 0.900. The van der Waals surface area contributed by atoms with Crippen molar-refractivity contribution in [3.8, 4) is 5.69 Å². The SMILES string of the molecule is CNCc1cnc(C)cc1-n1nc(C)c(C)c1C. The van der Waals surface area contributed by atoms with Crippen LogP contribution in [0.5, 0.6) is 0 Å². The van der Waals surface area contributed by atoms with Crippen molar-refractivity contribution in [3.63, 3.8) is 0 Å². The first-order chi connectivity index (χ1) is 8.54. The highest BCUT2D eigenvalue weighted by atomic mass is 15.3. The molecule has 0 aliphatic rings. The van der Waals surface area contributed by atoms with E-state index in [1.807, 2.05) is 31.8 Å². The molecule has 0 radical (unpaired) electrons. The van der Waals surface area contributed by atoms with Crippen LogP contribution in [-0.2, 0) is 6.54 Å². The summed E-state index contributed by atoms with van der Waals surface area (Å²) < 4.78 is 2.02. The van der Waals surface area contributed by atoms with Gasteiger partial charge in [0, 0.05) is 29.7 Å². The van der Waals surface area contributed by atoms with Gasteiger partial charge in [-0.25, -0.2) is 4.68 Å². The van der Waals surface area contributed by atoms with Crippen LogP contribution in [-0.4, -0.2) is 21.8 Å². The van der Waals surface area contributed by atoms with E-state index in [0.717, 1.165) is 29.2 Å². The molecular formula is C14H20N4. The molecule has 0 saturated carbocycles. The Labute approximate surface area is 108 Å². The predicted octanol–water partition coefficient (Wildman–Crippen LogP) is 2.22. The summed E-state index contributed by atoms with van der Waals surface area (Å²) in [5.74, 6) is 0. The summed E-state index contributed by atoms with van der Waals surface area (Å²) in [5.41, 5.74) is 6.81. The van der Waals surface area contributed by atoms with Gasteiger partial charge in [0.15, 0.2) is 0 Å². The number of rotatable bonds is 3. The Morgan fingerprint density at radius 1 is 1.22 bits per heavy atom. The lowest BCUT2D eigenvalue weighted by molar-refractivity contribution is 0.768. The highest BCUT2D eigenvalue weighted by Gasteiger charge is 2.12. The molecule has 4 nitrogen and oxygen atoms in total. The lowest BCUT2D eigenvalue weighted by atomic mass is 10.2. The Morgan fingerprint density at radius 3 is 2.50 bits per heavy atom. The Bertz CT molecular complexity index is 569. The zero-order valence-corrected chi connectivity index (χ0v) is 11.7. The van der Waals surface area contributed by atoms with Gasteiger partial charge in [0.25, 0.3) is 0 Å². The van der Waals surface area contributed by atoms with Gasteiger partial charge in [-0.3, -0.25) is 4.98 Å². The monoisotopic (exact) mass is 244 g/mol. The van der Waals surface area contributed by atoms with Crippen LogP contribution < -0.4 is 5.32 Å². The molecule has 0 spiro atoms. The number of nitrogens with zero attached hydrogens (tertiary/aromatic N) is 3. The standard InChI is InChI=1S/C14H20N4/c1-9-6-14(13(7-15-5)8-16-9)18-12(4)10(2)11(3)17-18/h6,8,15H,7H2,1-5H3. The molecule has 2 aromatic heterocycles. The van der Waals surface area contributed by atoms with Crippen LogP contribution in [0.15, 0.2) is 12.3 Å². The van der Waals surface area contributed by atoms with Crippen molar-refractivity contribution in [2.75, 3.05) is 7.05 Å². The predicted molar refractivity (Wildman–Crippen MR) is 73.1 cm³/mol. The minimum atomic E-state index is 0.792. The van der Waals surface area contributed by atoms with Crippen molar-refractivity contribution < 1.29 is 0 Å². The average Bonchev–Trinajstić information content (AvgIpc) is 2.60. The zero-order chi connectivity index (χ0) is 13.3. The topological polar surface area (TPSA) is 42.7 Å². The average molecular weight is 244 g/mol. The van der Waals surface area contributed by atoms with Gasteiger partial charge in [0.05, 0.1) is 11.4 Å². The smallest absolute Gasteiger partial charge is 0.0727 e. The first-order valence-corrected chi connectivity index (χ1v) is 6.18. The second-order valence-electron chi connectivity index (χ2n) is 4.69. The third kappa shape index (κ3) is 2.16. The van der Waals surface area contributed by atoms with E-state index in [9.17, 15) is 0 Å². The van der Waals surface area contributed by atoms with Gasteiger partial charge in [-0.2, -0.15) is 5.10 Å². The maximum atomic E-state index is 4.63. The number of pyridine rings is 1. The van der Waals surface area contributed by atoms with E-state index in [0.29, 0.717) is 0 Å². The van der Waals surface area contributed by atoms with E-state index >= 15 is 0 Å². The Morgan fingerprint density at radius 2 is 1.94 bits per heavy atom. The Kier molecular flexibility index (Phi) is 3.48. The molecule has 0 bridgehead atoms. The van der Waals surface area contributed by atoms with Crippen molar-refractivity contribution in [2.45, 2.75) is 34.2 Å². The molecule has 96 valence electrons. The van der Waals surface area contributed by atoms with Gasteiger partial charge in [-0.1, -0.05) is 0 Å². The van der Waals surface area contributed by atoms with E-state index in [4.69, 9.17) is 0 Å². The van der Waals surface area contributed by atoms with Gasteiger partial charge in [-0.15, -0.1) is 0 Å². The lowest BCUT2D eigenvalue weighted by Crippen LogP contribution is -2.11. The van der Waals surface area contributed by atoms with E-state index in [1.165, 1.54) is 11.3 Å². The maximum absolute atomic E-state index is 4.63. The molecule has 0 aliphatic carbocycles. The molecule has 0 amide bonds. The van der Waals surface area contributed by atoms with Crippen molar-refractivity contribution in [1.29, 1.82) is 0 Å². The molecule has 0 unspecified atom stereocenters. The highest BCUT2D eigenvalue weighted by Crippen LogP contribution is 2.20. The van der Waals surface area contributed by atoms with Gasteiger partial charge in [-0.05, 0) is 46.4 Å². The van der Waals surface area contributed by atoms with Crippen LogP contribution in [0, 0.1) is 27.7 Å². The van der Waals surface area contributed by atoms with E-state index < -0.39 is 0 Å². The molecule has 0 fully saturated rings. The molecule has 0 atom stereocenters. The fourth-order valence-electron chi connectivity index (χ4n) is 2.05. The van der Waals surface area contributed by atoms with Crippen LogP contribution in [0.3, 0.4) is 0 Å². The molecule has 0 saturated heterocycles. The summed E-state index contributed by atoms with van der Waals surface area (Å²) in [7, 11) is 1.94. The van der Waals surface area contributed by atoms with Crippen molar-refractivity contribution >= 4 is 0 Å². The van der Waals surface area contributed by atoms with Gasteiger partial charge < -0.3 is 5.32 Å². The van der Waals surface area contributed by atoms with E-state index in [2.05, 4.69) is 35.3 Å². The fraction of sp³-hybridized carbons (Fsp3) is 0.429. The largest absolute Gasteiger partial charge is 0.316 e. The van der Waals surface area contributed by atoms with Gasteiger partial charge in [0.2, 0.25) is 0 Å². The minimum Gasteiger partial charge on any atom is -0.316 e. The maximum Gasteiger partial charge on any atom is 0.0727 e. The summed E-state index contributed by atoms with van der Waals surface area (Å²) in [5, 5.41) is 7.80. The molecule has 1 N–H and O–H groups in total. The third-order valence-corrected chi connectivity index (χ3v) is 3.35. The number of aromatic nitrogens is 3. The van der Waals surface area contributed by atoms with Crippen LogP contribution >= 0.6 is 0 Å². The first-order valence-electron chi connectivity index (χ1n) is 6.18. The molecule has 4 heteroatoms. The molecule has 0 aliphatic heterocycles. The second-order valence-corrected chi connectivity index (χ2v) is 4.69. The Hall–Kier alpha value is -1.68. The first kappa shape index (κ1) is 12.8. The minimum absolute atomic E-state index is 0.792. The van der Waals surface area contributed by atoms with E-state index in [-0.39, 0.29) is 0 Å². The number of aryl methyl sites for hydroxylation is 2. The van der Waals surface area contributed by atoms with Gasteiger partial charge >= 0.3 is 0 Å². The van der Waals surface area contributed by atoms with Gasteiger partial charge in [0.1, 0.15) is 0 Å². The highest BCUT2D eigenvalue weighted by molar-refractivity contribution is 5.43. The number of nitrogens with one attached hydrogen (secondary N) is 1. The molecule has 18 heavy (non-hydrogen) atoms. The van der Waals surface area contributed by atoms with Crippen molar-refractivity contribution in [2.24, 2.45) is 0 Å². The van der Waals surface area contributed by atoms with Crippen molar-refractivity contribution in [1.82, 2.24) is 20.1 Å². The molecular weight excluding hydrogens is 224 g/mol. The molecule has 0 aromatic carbocycles. The number of hydrogen-bond donors (Lipinski definition) is 1. The van der Waals surface area contributed by atoms with Crippen LogP contribution in [0.1, 0.15) is 28.2 Å². The summed E-state index contributed by atoms with van der Waals surface area (Å²) in [6.45, 7) is 9.06. The summed E-state index contributed by atoms with van der Waals surface area (Å²) in [4.78, 5) is 4.36. The normalized spacial score (nSPS) is 10.9. The Balaban J connectivity index is 2.61. The lowest BCUT2D eigenvalue weighted by Gasteiger charge is -2.11. The van der Waals surface area contributed by atoms with Crippen LogP contribution in [0.2, 0.25) is 0 Å². The zero-order valence-electron chi connectivity index (χ0n) is 11.7. The fourth-order valence-corrected chi connectivity index (χ4v) is 2.05. The van der Waals surface area contributed by atoms with Crippen LogP contribution in [0.25, 0.3) is 5.69 Å².